The Morgan fingerprint density at radius 1 is 1.08 bits per heavy atom. The van der Waals surface area contributed by atoms with Crippen LogP contribution in [0, 0.1) is 19.8 Å². The molecule has 0 aromatic carbocycles. The van der Waals surface area contributed by atoms with Crippen LogP contribution in [0.1, 0.15) is 48.2 Å². The van der Waals surface area contributed by atoms with E-state index in [1.54, 1.807) is 0 Å². The molecular weight excluding hydrogens is 316 g/mol. The lowest BCUT2D eigenvalue weighted by Gasteiger charge is -2.35. The van der Waals surface area contributed by atoms with E-state index in [1.807, 2.05) is 13.8 Å². The highest BCUT2D eigenvalue weighted by Gasteiger charge is 2.35. The molecule has 0 saturated carbocycles. The average Bonchev–Trinajstić information content (AvgIpc) is 3.06. The van der Waals surface area contributed by atoms with Gasteiger partial charge in [-0.1, -0.05) is 17.2 Å². The first-order chi connectivity index (χ1) is 12.1. The SMILES string of the molecule is CCc1cc(CN2CC3CCC2CN(Cc2c(C)noc2C)C3)on1. The van der Waals surface area contributed by atoms with Crippen molar-refractivity contribution < 1.29 is 9.05 Å². The first kappa shape index (κ1) is 16.8. The predicted molar refractivity (Wildman–Crippen MR) is 94.1 cm³/mol. The van der Waals surface area contributed by atoms with Crippen molar-refractivity contribution >= 4 is 0 Å². The van der Waals surface area contributed by atoms with Crippen molar-refractivity contribution in [3.05, 3.63) is 34.5 Å². The summed E-state index contributed by atoms with van der Waals surface area (Å²) in [6.07, 6.45) is 3.54. The molecule has 3 fully saturated rings. The van der Waals surface area contributed by atoms with Crippen molar-refractivity contribution in [2.24, 2.45) is 5.92 Å². The van der Waals surface area contributed by atoms with Gasteiger partial charge in [0, 0.05) is 43.9 Å². The Morgan fingerprint density at radius 2 is 1.96 bits per heavy atom. The van der Waals surface area contributed by atoms with Crippen LogP contribution in [-0.2, 0) is 19.5 Å². The van der Waals surface area contributed by atoms with E-state index in [4.69, 9.17) is 9.05 Å². The second-order valence-electron chi connectivity index (χ2n) is 7.66. The summed E-state index contributed by atoms with van der Waals surface area (Å²) in [5, 5.41) is 8.25. The summed E-state index contributed by atoms with van der Waals surface area (Å²) in [5.41, 5.74) is 3.34. The third-order valence-corrected chi connectivity index (χ3v) is 5.79. The van der Waals surface area contributed by atoms with Crippen LogP contribution in [0.2, 0.25) is 0 Å². The fraction of sp³-hybridized carbons (Fsp3) is 0.684. The van der Waals surface area contributed by atoms with Crippen LogP contribution in [0.3, 0.4) is 0 Å². The Bertz CT molecular complexity index is 703. The highest BCUT2D eigenvalue weighted by atomic mass is 16.5. The maximum Gasteiger partial charge on any atom is 0.150 e. The smallest absolute Gasteiger partial charge is 0.150 e. The Balaban J connectivity index is 1.45. The van der Waals surface area contributed by atoms with Gasteiger partial charge in [0.2, 0.25) is 0 Å². The van der Waals surface area contributed by atoms with E-state index in [9.17, 15) is 0 Å². The van der Waals surface area contributed by atoms with Crippen molar-refractivity contribution in [2.45, 2.75) is 59.2 Å². The summed E-state index contributed by atoms with van der Waals surface area (Å²) in [7, 11) is 0. The normalized spacial score (nSPS) is 24.8. The molecule has 5 heterocycles. The number of aryl methyl sites for hydroxylation is 3. The monoisotopic (exact) mass is 344 g/mol. The Labute approximate surface area is 149 Å². The number of aromatic nitrogens is 2. The van der Waals surface area contributed by atoms with Gasteiger partial charge in [-0.15, -0.1) is 0 Å². The molecule has 2 aromatic rings. The first-order valence-electron chi connectivity index (χ1n) is 9.45. The van der Waals surface area contributed by atoms with Gasteiger partial charge in [0.05, 0.1) is 17.9 Å². The second kappa shape index (κ2) is 6.92. The summed E-state index contributed by atoms with van der Waals surface area (Å²) in [5.74, 6) is 2.69. The minimum Gasteiger partial charge on any atom is -0.361 e. The summed E-state index contributed by atoms with van der Waals surface area (Å²) >= 11 is 0. The summed E-state index contributed by atoms with van der Waals surface area (Å²) in [6.45, 7) is 11.4. The van der Waals surface area contributed by atoms with Crippen molar-refractivity contribution in [3.8, 4) is 0 Å². The van der Waals surface area contributed by atoms with Crippen molar-refractivity contribution in [3.63, 3.8) is 0 Å². The van der Waals surface area contributed by atoms with E-state index in [2.05, 4.69) is 33.1 Å². The molecule has 0 aliphatic carbocycles. The fourth-order valence-corrected chi connectivity index (χ4v) is 4.35. The highest BCUT2D eigenvalue weighted by molar-refractivity contribution is 5.20. The van der Waals surface area contributed by atoms with Crippen LogP contribution in [0.4, 0.5) is 0 Å². The summed E-state index contributed by atoms with van der Waals surface area (Å²) < 4.78 is 10.9. The molecule has 0 radical (unpaired) electrons. The Kier molecular flexibility index (Phi) is 4.65. The van der Waals surface area contributed by atoms with Gasteiger partial charge < -0.3 is 9.05 Å². The van der Waals surface area contributed by atoms with Gasteiger partial charge in [0.25, 0.3) is 0 Å². The fourth-order valence-electron chi connectivity index (χ4n) is 4.35. The van der Waals surface area contributed by atoms with Gasteiger partial charge in [-0.05, 0) is 39.0 Å². The Hall–Kier alpha value is -1.66. The summed E-state index contributed by atoms with van der Waals surface area (Å²) in [4.78, 5) is 5.19. The van der Waals surface area contributed by atoms with Gasteiger partial charge in [0.15, 0.2) is 5.76 Å². The van der Waals surface area contributed by atoms with Crippen LogP contribution >= 0.6 is 0 Å². The number of rotatable bonds is 5. The molecule has 0 amide bonds. The van der Waals surface area contributed by atoms with Crippen LogP contribution in [-0.4, -0.2) is 45.8 Å². The largest absolute Gasteiger partial charge is 0.361 e. The zero-order chi connectivity index (χ0) is 17.4. The molecule has 0 spiro atoms. The van der Waals surface area contributed by atoms with E-state index in [0.29, 0.717) is 6.04 Å². The lowest BCUT2D eigenvalue weighted by Crippen LogP contribution is -2.43. The number of fused-ring (bicyclic) bond motifs is 4. The molecule has 3 aliphatic rings. The topological polar surface area (TPSA) is 58.5 Å². The zero-order valence-corrected chi connectivity index (χ0v) is 15.5. The quantitative estimate of drug-likeness (QED) is 0.831. The van der Waals surface area contributed by atoms with Crippen LogP contribution in [0.25, 0.3) is 0 Å². The van der Waals surface area contributed by atoms with E-state index >= 15 is 0 Å². The maximum absolute atomic E-state index is 5.52. The molecule has 5 rings (SSSR count). The zero-order valence-electron chi connectivity index (χ0n) is 15.5. The minimum absolute atomic E-state index is 0.592. The van der Waals surface area contributed by atoms with Crippen LogP contribution in [0.5, 0.6) is 0 Å². The third-order valence-electron chi connectivity index (χ3n) is 5.79. The molecule has 2 aromatic heterocycles. The standard InChI is InChI=1S/C19H28N4O2/c1-4-16-7-18(25-21-16)11-23-9-15-5-6-17(23)10-22(8-15)12-19-13(2)20-24-14(19)3/h7,15,17H,4-6,8-12H2,1-3H3. The van der Waals surface area contributed by atoms with E-state index in [-0.39, 0.29) is 0 Å². The highest BCUT2D eigenvalue weighted by Crippen LogP contribution is 2.30. The van der Waals surface area contributed by atoms with Gasteiger partial charge in [0.1, 0.15) is 5.76 Å². The average molecular weight is 344 g/mol. The van der Waals surface area contributed by atoms with Crippen molar-refractivity contribution in [2.75, 3.05) is 19.6 Å². The van der Waals surface area contributed by atoms with Gasteiger partial charge in [-0.25, -0.2) is 0 Å². The minimum atomic E-state index is 0.592. The van der Waals surface area contributed by atoms with Gasteiger partial charge in [-0.2, -0.15) is 0 Å². The molecule has 3 saturated heterocycles. The maximum atomic E-state index is 5.52. The number of hydrogen-bond donors (Lipinski definition) is 0. The molecule has 2 atom stereocenters. The van der Waals surface area contributed by atoms with Crippen molar-refractivity contribution in [1.29, 1.82) is 0 Å². The summed E-state index contributed by atoms with van der Waals surface area (Å²) in [6, 6.07) is 2.70. The molecular formula is C19H28N4O2. The molecule has 3 aliphatic heterocycles. The molecule has 0 N–H and O–H groups in total. The van der Waals surface area contributed by atoms with Crippen LogP contribution in [0.15, 0.2) is 15.1 Å². The first-order valence-corrected chi connectivity index (χ1v) is 9.45. The molecule has 6 heteroatoms. The molecule has 136 valence electrons. The molecule has 6 nitrogen and oxygen atoms in total. The van der Waals surface area contributed by atoms with E-state index < -0.39 is 0 Å². The van der Waals surface area contributed by atoms with Gasteiger partial charge >= 0.3 is 0 Å². The lowest BCUT2D eigenvalue weighted by atomic mass is 9.95. The predicted octanol–water partition coefficient (Wildman–Crippen LogP) is 2.94. The Morgan fingerprint density at radius 3 is 2.68 bits per heavy atom. The van der Waals surface area contributed by atoms with Gasteiger partial charge in [-0.3, -0.25) is 9.80 Å². The van der Waals surface area contributed by atoms with Crippen LogP contribution < -0.4 is 0 Å². The molecule has 2 bridgehead atoms. The van der Waals surface area contributed by atoms with Crippen molar-refractivity contribution in [1.82, 2.24) is 20.1 Å². The number of hydrogen-bond acceptors (Lipinski definition) is 6. The lowest BCUT2D eigenvalue weighted by molar-refractivity contribution is 0.111. The van der Waals surface area contributed by atoms with E-state index in [0.717, 1.165) is 68.0 Å². The molecule has 25 heavy (non-hydrogen) atoms. The third kappa shape index (κ3) is 3.51. The number of piperidine rings is 1. The second-order valence-corrected chi connectivity index (χ2v) is 7.66. The van der Waals surface area contributed by atoms with E-state index in [1.165, 1.54) is 18.4 Å². The molecule has 2 unspecified atom stereocenters. The number of nitrogens with zero attached hydrogens (tertiary/aromatic N) is 4.